The Morgan fingerprint density at radius 1 is 1.30 bits per heavy atom. The van der Waals surface area contributed by atoms with Crippen LogP contribution in [0.2, 0.25) is 0 Å². The molecule has 0 aliphatic carbocycles. The summed E-state index contributed by atoms with van der Waals surface area (Å²) in [6, 6.07) is 5.66. The highest BCUT2D eigenvalue weighted by molar-refractivity contribution is 7.18. The molecule has 0 saturated heterocycles. The first-order chi connectivity index (χ1) is 14.2. The molecule has 2 aromatic rings. The van der Waals surface area contributed by atoms with Gasteiger partial charge in [-0.3, -0.25) is 9.59 Å². The fourth-order valence-corrected chi connectivity index (χ4v) is 3.93. The number of carbonyl (C=O) groups excluding carboxylic acids is 3. The highest BCUT2D eigenvalue weighted by atomic mass is 32.1. The van der Waals surface area contributed by atoms with Crippen molar-refractivity contribution in [3.63, 3.8) is 0 Å². The van der Waals surface area contributed by atoms with Gasteiger partial charge in [-0.15, -0.1) is 11.3 Å². The van der Waals surface area contributed by atoms with E-state index < -0.39 is 23.9 Å². The number of ether oxygens (including phenoxy) is 1. The zero-order valence-electron chi connectivity index (χ0n) is 16.5. The molecule has 1 aromatic carbocycles. The molecule has 3 rings (SSSR count). The number of nitrogens with zero attached hydrogens (tertiary/aromatic N) is 1. The maximum atomic E-state index is 13.1. The largest absolute Gasteiger partial charge is 0.459 e. The summed E-state index contributed by atoms with van der Waals surface area (Å²) in [5.41, 5.74) is 6.93. The normalized spacial score (nSPS) is 15.5. The SMILES string of the molecule is Cc1c(C(N)=O)sc(NC(=O)C2CC(c3ccc(F)cc3)=NO2)c1C(=O)OC(C)C. The average Bonchev–Trinajstić information content (AvgIpc) is 3.27. The van der Waals surface area contributed by atoms with Gasteiger partial charge < -0.3 is 20.6 Å². The fraction of sp³-hybridized carbons (Fsp3) is 0.300. The van der Waals surface area contributed by atoms with E-state index in [0.29, 0.717) is 16.8 Å². The predicted molar refractivity (Wildman–Crippen MR) is 109 cm³/mol. The van der Waals surface area contributed by atoms with E-state index in [2.05, 4.69) is 10.5 Å². The molecule has 1 aromatic heterocycles. The molecule has 1 aliphatic rings. The van der Waals surface area contributed by atoms with Crippen molar-refractivity contribution >= 4 is 39.8 Å². The number of halogens is 1. The van der Waals surface area contributed by atoms with Gasteiger partial charge in [-0.05, 0) is 44.0 Å². The van der Waals surface area contributed by atoms with Crippen LogP contribution >= 0.6 is 11.3 Å². The Morgan fingerprint density at radius 2 is 1.97 bits per heavy atom. The zero-order valence-corrected chi connectivity index (χ0v) is 17.3. The summed E-state index contributed by atoms with van der Waals surface area (Å²) in [6.45, 7) is 4.94. The second-order valence-electron chi connectivity index (χ2n) is 6.91. The third kappa shape index (κ3) is 4.48. The number of hydrogen-bond donors (Lipinski definition) is 2. The molecule has 2 heterocycles. The highest BCUT2D eigenvalue weighted by Gasteiger charge is 2.32. The van der Waals surface area contributed by atoms with Crippen LogP contribution in [-0.2, 0) is 14.4 Å². The number of benzene rings is 1. The summed E-state index contributed by atoms with van der Waals surface area (Å²) in [6.07, 6.45) is -1.17. The number of hydrogen-bond acceptors (Lipinski definition) is 7. The Labute approximate surface area is 175 Å². The lowest BCUT2D eigenvalue weighted by Gasteiger charge is -2.12. The second-order valence-corrected chi connectivity index (χ2v) is 7.93. The van der Waals surface area contributed by atoms with Gasteiger partial charge in [0.2, 0.25) is 6.10 Å². The van der Waals surface area contributed by atoms with E-state index in [-0.39, 0.29) is 33.8 Å². The Morgan fingerprint density at radius 3 is 2.57 bits per heavy atom. The smallest absolute Gasteiger partial charge is 0.341 e. The van der Waals surface area contributed by atoms with Crippen molar-refractivity contribution in [2.45, 2.75) is 39.4 Å². The number of amides is 2. The Bertz CT molecular complexity index is 1030. The van der Waals surface area contributed by atoms with Gasteiger partial charge >= 0.3 is 5.97 Å². The molecule has 0 bridgehead atoms. The fourth-order valence-electron chi connectivity index (χ4n) is 2.88. The van der Waals surface area contributed by atoms with Crippen molar-refractivity contribution < 1.29 is 28.3 Å². The molecule has 1 atom stereocenters. The topological polar surface area (TPSA) is 120 Å². The predicted octanol–water partition coefficient (Wildman–Crippen LogP) is 2.99. The first-order valence-corrected chi connectivity index (χ1v) is 9.92. The maximum Gasteiger partial charge on any atom is 0.341 e. The first-order valence-electron chi connectivity index (χ1n) is 9.11. The van der Waals surface area contributed by atoms with Crippen LogP contribution in [0.25, 0.3) is 0 Å². The molecule has 0 saturated carbocycles. The monoisotopic (exact) mass is 433 g/mol. The third-order valence-corrected chi connectivity index (χ3v) is 5.51. The molecule has 0 radical (unpaired) electrons. The van der Waals surface area contributed by atoms with E-state index in [1.54, 1.807) is 32.9 Å². The molecule has 1 aliphatic heterocycles. The van der Waals surface area contributed by atoms with Crippen molar-refractivity contribution in [2.75, 3.05) is 5.32 Å². The van der Waals surface area contributed by atoms with Crippen molar-refractivity contribution in [3.05, 3.63) is 51.7 Å². The van der Waals surface area contributed by atoms with E-state index in [4.69, 9.17) is 15.3 Å². The van der Waals surface area contributed by atoms with Gasteiger partial charge in [0.15, 0.2) is 0 Å². The number of thiophene rings is 1. The van der Waals surface area contributed by atoms with Gasteiger partial charge in [0, 0.05) is 6.42 Å². The van der Waals surface area contributed by atoms with Gasteiger partial charge in [-0.2, -0.15) is 0 Å². The number of primary amides is 1. The zero-order chi connectivity index (χ0) is 22.0. The van der Waals surface area contributed by atoms with Gasteiger partial charge in [-0.1, -0.05) is 17.3 Å². The average molecular weight is 433 g/mol. The van der Waals surface area contributed by atoms with E-state index in [1.165, 1.54) is 12.1 Å². The Hall–Kier alpha value is -3.27. The lowest BCUT2D eigenvalue weighted by molar-refractivity contribution is -0.125. The van der Waals surface area contributed by atoms with Crippen LogP contribution in [0.4, 0.5) is 9.39 Å². The van der Waals surface area contributed by atoms with Crippen LogP contribution in [0, 0.1) is 12.7 Å². The van der Waals surface area contributed by atoms with Gasteiger partial charge in [0.1, 0.15) is 10.8 Å². The summed E-state index contributed by atoms with van der Waals surface area (Å²) >= 11 is 0.894. The minimum atomic E-state index is -0.946. The summed E-state index contributed by atoms with van der Waals surface area (Å²) in [7, 11) is 0. The summed E-state index contributed by atoms with van der Waals surface area (Å²) in [4.78, 5) is 42.3. The third-order valence-electron chi connectivity index (χ3n) is 4.29. The van der Waals surface area contributed by atoms with Crippen LogP contribution < -0.4 is 11.1 Å². The second kappa shape index (κ2) is 8.62. The van der Waals surface area contributed by atoms with Crippen molar-refractivity contribution in [1.29, 1.82) is 0 Å². The molecular formula is C20H20FN3O5S. The minimum Gasteiger partial charge on any atom is -0.459 e. The van der Waals surface area contributed by atoms with E-state index in [0.717, 1.165) is 11.3 Å². The number of anilines is 1. The summed E-state index contributed by atoms with van der Waals surface area (Å²) in [5.74, 6) is -2.31. The quantitative estimate of drug-likeness (QED) is 0.679. The Kier molecular flexibility index (Phi) is 6.16. The van der Waals surface area contributed by atoms with Crippen LogP contribution in [0.15, 0.2) is 29.4 Å². The van der Waals surface area contributed by atoms with Crippen LogP contribution in [-0.4, -0.2) is 35.7 Å². The summed E-state index contributed by atoms with van der Waals surface area (Å²) in [5, 5.41) is 6.66. The first kappa shape index (κ1) is 21.4. The molecule has 8 nitrogen and oxygen atoms in total. The number of nitrogens with one attached hydrogen (secondary N) is 1. The molecule has 158 valence electrons. The van der Waals surface area contributed by atoms with Crippen molar-refractivity contribution in [2.24, 2.45) is 10.9 Å². The Balaban J connectivity index is 1.78. The van der Waals surface area contributed by atoms with Crippen molar-refractivity contribution in [1.82, 2.24) is 0 Å². The number of oxime groups is 1. The van der Waals surface area contributed by atoms with E-state index in [9.17, 15) is 18.8 Å². The number of nitrogens with two attached hydrogens (primary N) is 1. The molecule has 30 heavy (non-hydrogen) atoms. The molecule has 0 fully saturated rings. The molecule has 2 amide bonds. The highest BCUT2D eigenvalue weighted by Crippen LogP contribution is 2.34. The summed E-state index contributed by atoms with van der Waals surface area (Å²) < 4.78 is 18.3. The van der Waals surface area contributed by atoms with Crippen LogP contribution in [0.1, 0.15) is 51.4 Å². The van der Waals surface area contributed by atoms with Gasteiger partial charge in [0.05, 0.1) is 22.3 Å². The minimum absolute atomic E-state index is 0.0773. The van der Waals surface area contributed by atoms with Crippen molar-refractivity contribution in [3.8, 4) is 0 Å². The van der Waals surface area contributed by atoms with Crippen LogP contribution in [0.3, 0.4) is 0 Å². The van der Waals surface area contributed by atoms with Gasteiger partial charge in [-0.25, -0.2) is 9.18 Å². The number of esters is 1. The molecule has 10 heteroatoms. The number of rotatable bonds is 6. The van der Waals surface area contributed by atoms with Gasteiger partial charge in [0.25, 0.3) is 11.8 Å². The van der Waals surface area contributed by atoms with Crippen LogP contribution in [0.5, 0.6) is 0 Å². The van der Waals surface area contributed by atoms with E-state index >= 15 is 0 Å². The number of carbonyl (C=O) groups is 3. The lowest BCUT2D eigenvalue weighted by Crippen LogP contribution is -2.28. The molecule has 0 spiro atoms. The molecular weight excluding hydrogens is 413 g/mol. The lowest BCUT2D eigenvalue weighted by atomic mass is 10.0. The van der Waals surface area contributed by atoms with E-state index in [1.807, 2.05) is 0 Å². The molecule has 3 N–H and O–H groups in total. The standard InChI is InChI=1S/C20H20FN3O5S/c1-9(2)28-20(27)15-10(3)16(17(22)25)30-19(15)23-18(26)14-8-13(24-29-14)11-4-6-12(21)7-5-11/h4-7,9,14H,8H2,1-3H3,(H2,22,25)(H,23,26). The maximum absolute atomic E-state index is 13.1. The molecule has 1 unspecified atom stereocenters.